The van der Waals surface area contributed by atoms with Crippen molar-refractivity contribution in [1.82, 2.24) is 0 Å². The average molecular weight is 380 g/mol. The van der Waals surface area contributed by atoms with Gasteiger partial charge in [-0.3, -0.25) is 0 Å². The molecule has 0 amide bonds. The van der Waals surface area contributed by atoms with Crippen molar-refractivity contribution in [3.8, 4) is 0 Å². The zero-order valence-electron chi connectivity index (χ0n) is 14.1. The number of alkyl halides is 6. The lowest BCUT2D eigenvalue weighted by Gasteiger charge is -2.39. The summed E-state index contributed by atoms with van der Waals surface area (Å²) < 4.78 is 101. The number of halogens is 6. The topological polar surface area (TPSA) is 36.9 Å². The van der Waals surface area contributed by atoms with Crippen molar-refractivity contribution >= 4 is 0 Å². The first-order valence-electron chi connectivity index (χ1n) is 7.77. The second-order valence-electron chi connectivity index (χ2n) is 7.58. The maximum absolute atomic E-state index is 13.7. The number of hydrogen-bond acceptors (Lipinski definition) is 4. The average Bonchev–Trinajstić information content (AvgIpc) is 2.43. The van der Waals surface area contributed by atoms with Gasteiger partial charge in [0.25, 0.3) is 0 Å². The smallest absolute Gasteiger partial charge is 0.376 e. The van der Waals surface area contributed by atoms with Crippen molar-refractivity contribution in [2.75, 3.05) is 52.9 Å². The van der Waals surface area contributed by atoms with E-state index < -0.39 is 41.8 Å². The molecule has 10 heteroatoms. The highest BCUT2D eigenvalue weighted by Crippen LogP contribution is 2.46. The fourth-order valence-electron chi connectivity index (χ4n) is 2.37. The molecule has 148 valence electrons. The normalized spacial score (nSPS) is 23.0. The molecule has 0 atom stereocenters. The molecule has 2 fully saturated rings. The van der Waals surface area contributed by atoms with Crippen LogP contribution in [0.2, 0.25) is 0 Å². The van der Waals surface area contributed by atoms with Crippen LogP contribution in [-0.2, 0) is 18.9 Å². The Labute approximate surface area is 141 Å². The van der Waals surface area contributed by atoms with Gasteiger partial charge in [0.05, 0.1) is 39.6 Å². The van der Waals surface area contributed by atoms with Crippen LogP contribution in [0.1, 0.15) is 13.8 Å². The number of hydrogen-bond donors (Lipinski definition) is 0. The van der Waals surface area contributed by atoms with E-state index in [0.29, 0.717) is 0 Å². The standard InChI is InChI=1S/C15H22F6O4/c1-11(3-22-4-11)7-24-9-13(16,17)15(20,21)14(18,19)10-25-8-12(2)5-23-6-12/h3-10H2,1-2H3. The summed E-state index contributed by atoms with van der Waals surface area (Å²) in [6.45, 7) is 0.0808. The lowest BCUT2D eigenvalue weighted by molar-refractivity contribution is -0.332. The summed E-state index contributed by atoms with van der Waals surface area (Å²) in [5.74, 6) is -15.7. The first-order valence-corrected chi connectivity index (χ1v) is 7.77. The van der Waals surface area contributed by atoms with Gasteiger partial charge in [-0.15, -0.1) is 0 Å². The summed E-state index contributed by atoms with van der Waals surface area (Å²) in [5.41, 5.74) is -1.12. The van der Waals surface area contributed by atoms with Crippen molar-refractivity contribution in [2.24, 2.45) is 10.8 Å². The fourth-order valence-corrected chi connectivity index (χ4v) is 2.37. The minimum Gasteiger partial charge on any atom is -0.380 e. The molecule has 0 bridgehead atoms. The summed E-state index contributed by atoms with van der Waals surface area (Å²) in [5, 5.41) is 0. The van der Waals surface area contributed by atoms with Gasteiger partial charge in [-0.05, 0) is 0 Å². The Bertz CT molecular complexity index is 423. The zero-order chi connectivity index (χ0) is 19.0. The van der Waals surface area contributed by atoms with Gasteiger partial charge in [-0.25, -0.2) is 0 Å². The van der Waals surface area contributed by atoms with Crippen molar-refractivity contribution in [1.29, 1.82) is 0 Å². The maximum atomic E-state index is 13.7. The third-order valence-corrected chi connectivity index (χ3v) is 4.19. The van der Waals surface area contributed by atoms with Gasteiger partial charge in [0.1, 0.15) is 13.2 Å². The lowest BCUT2D eigenvalue weighted by Crippen LogP contribution is -2.58. The molecular formula is C15H22F6O4. The van der Waals surface area contributed by atoms with Gasteiger partial charge in [-0.2, -0.15) is 26.3 Å². The molecule has 4 nitrogen and oxygen atoms in total. The molecule has 0 spiro atoms. The summed E-state index contributed by atoms with van der Waals surface area (Å²) >= 11 is 0. The molecule has 0 saturated carbocycles. The quantitative estimate of drug-likeness (QED) is 0.546. The van der Waals surface area contributed by atoms with E-state index in [0.717, 1.165) is 0 Å². The van der Waals surface area contributed by atoms with E-state index in [1.54, 1.807) is 13.8 Å². The fraction of sp³-hybridized carbons (Fsp3) is 1.00. The van der Waals surface area contributed by atoms with Crippen molar-refractivity contribution in [3.63, 3.8) is 0 Å². The van der Waals surface area contributed by atoms with Crippen LogP contribution in [0, 0.1) is 10.8 Å². The largest absolute Gasteiger partial charge is 0.380 e. The van der Waals surface area contributed by atoms with E-state index in [2.05, 4.69) is 9.47 Å². The van der Waals surface area contributed by atoms with Crippen LogP contribution in [0.25, 0.3) is 0 Å². The summed E-state index contributed by atoms with van der Waals surface area (Å²) in [7, 11) is 0. The van der Waals surface area contributed by atoms with Gasteiger partial charge in [0.15, 0.2) is 0 Å². The maximum Gasteiger partial charge on any atom is 0.376 e. The van der Waals surface area contributed by atoms with Crippen LogP contribution in [-0.4, -0.2) is 70.6 Å². The first kappa shape index (κ1) is 20.7. The molecule has 2 rings (SSSR count). The minimum absolute atomic E-state index is 0.238. The first-order chi connectivity index (χ1) is 11.3. The molecule has 0 unspecified atom stereocenters. The Morgan fingerprint density at radius 2 is 1.04 bits per heavy atom. The Kier molecular flexibility index (Phi) is 5.69. The van der Waals surface area contributed by atoms with Gasteiger partial charge < -0.3 is 18.9 Å². The Hall–Kier alpha value is -0.580. The second kappa shape index (κ2) is 6.86. The Balaban J connectivity index is 1.85. The van der Waals surface area contributed by atoms with Crippen molar-refractivity contribution in [2.45, 2.75) is 31.6 Å². The third kappa shape index (κ3) is 4.40. The molecule has 2 aliphatic rings. The molecule has 0 radical (unpaired) electrons. The summed E-state index contributed by atoms with van der Waals surface area (Å²) in [4.78, 5) is 0. The highest BCUT2D eigenvalue weighted by atomic mass is 19.3. The van der Waals surface area contributed by atoms with Crippen LogP contribution in [0.15, 0.2) is 0 Å². The van der Waals surface area contributed by atoms with Gasteiger partial charge in [-0.1, -0.05) is 13.8 Å². The van der Waals surface area contributed by atoms with Crippen LogP contribution in [0.4, 0.5) is 26.3 Å². The molecule has 2 heterocycles. The van der Waals surface area contributed by atoms with E-state index >= 15 is 0 Å². The molecule has 0 aliphatic carbocycles. The summed E-state index contributed by atoms with van der Waals surface area (Å²) in [6, 6.07) is 0. The van der Waals surface area contributed by atoms with Gasteiger partial charge >= 0.3 is 17.8 Å². The van der Waals surface area contributed by atoms with E-state index in [1.807, 2.05) is 0 Å². The Morgan fingerprint density at radius 3 is 1.28 bits per heavy atom. The van der Waals surface area contributed by atoms with Gasteiger partial charge in [0.2, 0.25) is 0 Å². The highest BCUT2D eigenvalue weighted by molar-refractivity contribution is 4.97. The van der Waals surface area contributed by atoms with Crippen molar-refractivity contribution in [3.05, 3.63) is 0 Å². The van der Waals surface area contributed by atoms with E-state index in [-0.39, 0.29) is 39.6 Å². The van der Waals surface area contributed by atoms with E-state index in [1.165, 1.54) is 0 Å². The Morgan fingerprint density at radius 1 is 0.720 bits per heavy atom. The third-order valence-electron chi connectivity index (χ3n) is 4.19. The van der Waals surface area contributed by atoms with E-state index in [9.17, 15) is 26.3 Å². The summed E-state index contributed by atoms with van der Waals surface area (Å²) in [6.07, 6.45) is 0. The molecular weight excluding hydrogens is 358 g/mol. The van der Waals surface area contributed by atoms with Crippen LogP contribution < -0.4 is 0 Å². The van der Waals surface area contributed by atoms with Crippen LogP contribution in [0.3, 0.4) is 0 Å². The predicted octanol–water partition coefficient (Wildman–Crippen LogP) is 3.00. The SMILES string of the molecule is CC1(COCC(F)(F)C(F)(F)C(F)(F)COCC2(C)COC2)COC1. The van der Waals surface area contributed by atoms with Crippen LogP contribution in [0.5, 0.6) is 0 Å². The molecule has 0 aromatic heterocycles. The molecule has 25 heavy (non-hydrogen) atoms. The molecule has 0 aromatic rings. The predicted molar refractivity (Wildman–Crippen MR) is 74.3 cm³/mol. The minimum atomic E-state index is -5.60. The van der Waals surface area contributed by atoms with Crippen molar-refractivity contribution < 1.29 is 45.3 Å². The van der Waals surface area contributed by atoms with Crippen LogP contribution >= 0.6 is 0 Å². The zero-order valence-corrected chi connectivity index (χ0v) is 14.1. The monoisotopic (exact) mass is 380 g/mol. The molecule has 2 saturated heterocycles. The molecule has 2 aliphatic heterocycles. The second-order valence-corrected chi connectivity index (χ2v) is 7.58. The number of rotatable bonds is 10. The molecule has 0 aromatic carbocycles. The number of ether oxygens (including phenoxy) is 4. The highest BCUT2D eigenvalue weighted by Gasteiger charge is 2.71. The van der Waals surface area contributed by atoms with Gasteiger partial charge in [0, 0.05) is 10.8 Å². The lowest BCUT2D eigenvalue weighted by atomic mass is 9.90. The molecule has 0 N–H and O–H groups in total. The van der Waals surface area contributed by atoms with E-state index in [4.69, 9.17) is 9.47 Å².